The zero-order chi connectivity index (χ0) is 22.3. The van der Waals surface area contributed by atoms with Crippen molar-refractivity contribution in [3.63, 3.8) is 0 Å². The predicted molar refractivity (Wildman–Crippen MR) is 130 cm³/mol. The average Bonchev–Trinajstić information content (AvgIpc) is 2.78. The third kappa shape index (κ3) is 4.49. The monoisotopic (exact) mass is 486 g/mol. The van der Waals surface area contributed by atoms with Gasteiger partial charge in [-0.05, 0) is 31.6 Å². The van der Waals surface area contributed by atoms with Crippen molar-refractivity contribution in [1.29, 1.82) is 0 Å². The molecule has 0 amide bonds. The second-order valence-corrected chi connectivity index (χ2v) is 9.42. The molecule has 8 nitrogen and oxygen atoms in total. The number of benzene rings is 2. The summed E-state index contributed by atoms with van der Waals surface area (Å²) in [7, 11) is -3.95. The molecule has 0 bridgehead atoms. The molecule has 2 aromatic heterocycles. The molecule has 5 rings (SSSR count). The summed E-state index contributed by atoms with van der Waals surface area (Å²) in [6.45, 7) is 3.52. The first-order chi connectivity index (χ1) is 15.5. The van der Waals surface area contributed by atoms with Crippen molar-refractivity contribution in [3.8, 4) is 5.75 Å². The Morgan fingerprint density at radius 2 is 1.61 bits per heavy atom. The van der Waals surface area contributed by atoms with E-state index in [1.54, 1.807) is 56.0 Å². The van der Waals surface area contributed by atoms with Crippen molar-refractivity contribution >= 4 is 84.9 Å². The number of anilines is 2. The largest absolute Gasteiger partial charge is 0.378 e. The van der Waals surface area contributed by atoms with E-state index in [4.69, 9.17) is 4.18 Å². The zero-order valence-corrected chi connectivity index (χ0v) is 21.7. The van der Waals surface area contributed by atoms with Gasteiger partial charge < -0.3 is 9.50 Å². The maximum Gasteiger partial charge on any atom is 0.332 e. The molecule has 3 heterocycles. The van der Waals surface area contributed by atoms with Crippen LogP contribution in [0.5, 0.6) is 5.75 Å². The van der Waals surface area contributed by atoms with Crippen LogP contribution in [0, 0.1) is 0 Å². The minimum atomic E-state index is -3.95. The van der Waals surface area contributed by atoms with Crippen molar-refractivity contribution in [2.45, 2.75) is 23.6 Å². The van der Waals surface area contributed by atoms with Crippen molar-refractivity contribution in [3.05, 3.63) is 66.1 Å². The Morgan fingerprint density at radius 3 is 2.30 bits per heavy atom. The summed E-state index contributed by atoms with van der Waals surface area (Å²) in [5, 5.41) is 4.47. The molecule has 0 saturated heterocycles. The maximum absolute atomic E-state index is 12.6. The van der Waals surface area contributed by atoms with E-state index in [2.05, 4.69) is 25.3 Å². The van der Waals surface area contributed by atoms with E-state index in [1.165, 1.54) is 11.8 Å². The van der Waals surface area contributed by atoms with Gasteiger partial charge in [-0.3, -0.25) is 19.9 Å². The summed E-state index contributed by atoms with van der Waals surface area (Å²) in [6.07, 6.45) is 9.93. The third-order valence-electron chi connectivity index (χ3n) is 4.71. The second kappa shape index (κ2) is 9.40. The summed E-state index contributed by atoms with van der Waals surface area (Å²) in [4.78, 5) is 19.3. The molecule has 1 N–H and O–H groups in total. The normalized spacial score (nSPS) is 13.3. The van der Waals surface area contributed by atoms with Crippen LogP contribution < -0.4 is 9.50 Å². The van der Waals surface area contributed by atoms with Crippen LogP contribution in [-0.2, 0) is 10.1 Å². The van der Waals surface area contributed by atoms with Crippen molar-refractivity contribution in [2.75, 3.05) is 5.32 Å². The van der Waals surface area contributed by atoms with Crippen molar-refractivity contribution < 1.29 is 12.6 Å². The van der Waals surface area contributed by atoms with Gasteiger partial charge in [0.15, 0.2) is 5.75 Å². The molecule has 2 aromatic carbocycles. The van der Waals surface area contributed by atoms with Crippen molar-refractivity contribution in [2.24, 2.45) is 0 Å². The zero-order valence-electron chi connectivity index (χ0n) is 18.1. The number of hydrogen-bond donors (Lipinski definition) is 1. The fourth-order valence-electron chi connectivity index (χ4n) is 3.51. The van der Waals surface area contributed by atoms with Gasteiger partial charge in [-0.2, -0.15) is 8.42 Å². The number of allylic oxidation sites excluding steroid dienone is 3. The van der Waals surface area contributed by atoms with Gasteiger partial charge in [0.05, 0.1) is 26.6 Å². The molecule has 1 aliphatic heterocycles. The third-order valence-corrected chi connectivity index (χ3v) is 7.01. The molecule has 161 valence electrons. The number of aromatic nitrogens is 4. The number of fused-ring (bicyclic) bond motifs is 7. The van der Waals surface area contributed by atoms with E-state index < -0.39 is 10.1 Å². The fourth-order valence-corrected chi connectivity index (χ4v) is 5.68. The van der Waals surface area contributed by atoms with Crippen LogP contribution in [0.15, 0.2) is 75.9 Å². The van der Waals surface area contributed by atoms with Gasteiger partial charge in [-0.15, -0.1) is 0 Å². The smallest absolute Gasteiger partial charge is 0.332 e. The first-order valence-corrected chi connectivity index (χ1v) is 12.0. The molecule has 1 aliphatic rings. The minimum absolute atomic E-state index is 0. The standard InChI is InChI=1S/C22H17N5O3S2.Na/c1-3-5-13(2)12-32(28,29)30-15-7-4-6-14-21(15)31-22-19-17(24-10-11-26-19)16-18(20(22)27-14)25-9-8-23-16;/h3-12,27H,1-2H3;. The Balaban J connectivity index is 0.00000259. The van der Waals surface area contributed by atoms with Gasteiger partial charge in [-0.1, -0.05) is 30.0 Å². The quantitative estimate of drug-likeness (QED) is 0.169. The summed E-state index contributed by atoms with van der Waals surface area (Å²) >= 11 is 1.37. The Kier molecular flexibility index (Phi) is 6.73. The maximum atomic E-state index is 12.6. The Bertz CT molecular complexity index is 1560. The molecule has 1 radical (unpaired) electrons. The molecule has 0 spiro atoms. The van der Waals surface area contributed by atoms with Crippen LogP contribution >= 0.6 is 11.8 Å². The summed E-state index contributed by atoms with van der Waals surface area (Å²) < 4.78 is 30.7. The van der Waals surface area contributed by atoms with E-state index >= 15 is 0 Å². The molecule has 33 heavy (non-hydrogen) atoms. The van der Waals surface area contributed by atoms with Gasteiger partial charge in [0.25, 0.3) is 0 Å². The summed E-state index contributed by atoms with van der Waals surface area (Å²) in [5.74, 6) is 0.228. The number of nitrogens with zero attached hydrogens (tertiary/aromatic N) is 4. The van der Waals surface area contributed by atoms with Gasteiger partial charge in [-0.25, -0.2) is 0 Å². The molecule has 0 aliphatic carbocycles. The average molecular weight is 487 g/mol. The van der Waals surface area contributed by atoms with Gasteiger partial charge in [0.2, 0.25) is 0 Å². The molecule has 0 fully saturated rings. The van der Waals surface area contributed by atoms with E-state index in [1.807, 2.05) is 13.0 Å². The first kappa shape index (κ1) is 23.7. The van der Waals surface area contributed by atoms with Crippen LogP contribution in [0.1, 0.15) is 13.8 Å². The van der Waals surface area contributed by atoms with E-state index in [9.17, 15) is 8.42 Å². The molecule has 0 atom stereocenters. The van der Waals surface area contributed by atoms with E-state index in [-0.39, 0.29) is 35.3 Å². The van der Waals surface area contributed by atoms with Crippen LogP contribution in [0.4, 0.5) is 11.4 Å². The molecular weight excluding hydrogens is 469 g/mol. The summed E-state index contributed by atoms with van der Waals surface area (Å²) in [6, 6.07) is 5.22. The van der Waals surface area contributed by atoms with Gasteiger partial charge in [0, 0.05) is 54.3 Å². The molecule has 11 heteroatoms. The number of nitrogens with one attached hydrogen (secondary N) is 1. The van der Waals surface area contributed by atoms with Gasteiger partial charge in [0.1, 0.15) is 22.1 Å². The predicted octanol–water partition coefficient (Wildman–Crippen LogP) is 4.59. The topological polar surface area (TPSA) is 107 Å². The van der Waals surface area contributed by atoms with E-state index in [0.717, 1.165) is 16.0 Å². The van der Waals surface area contributed by atoms with Gasteiger partial charge >= 0.3 is 10.1 Å². The number of rotatable bonds is 4. The minimum Gasteiger partial charge on any atom is -0.378 e. The van der Waals surface area contributed by atoms with Crippen LogP contribution in [0.2, 0.25) is 0 Å². The first-order valence-electron chi connectivity index (χ1n) is 9.67. The second-order valence-electron chi connectivity index (χ2n) is 7.01. The summed E-state index contributed by atoms with van der Waals surface area (Å²) in [5.41, 5.74) is 4.62. The SMILES string of the molecule is CC=CC(C)=CS(=O)(=O)Oc1cccc2c1Sc1c(c3nccnc3c3nccnc13)N2.[Na]. The molecule has 0 saturated carbocycles. The molecule has 4 aromatic rings. The Hall–Kier alpha value is -2.50. The Labute approximate surface area is 217 Å². The van der Waals surface area contributed by atoms with Crippen LogP contribution in [0.3, 0.4) is 0 Å². The van der Waals surface area contributed by atoms with Crippen LogP contribution in [-0.4, -0.2) is 57.9 Å². The van der Waals surface area contributed by atoms with Crippen molar-refractivity contribution in [1.82, 2.24) is 19.9 Å². The Morgan fingerprint density at radius 1 is 0.970 bits per heavy atom. The molecule has 0 unspecified atom stereocenters. The molecular formula is C22H17N5NaO3S2. The van der Waals surface area contributed by atoms with Crippen LogP contribution in [0.25, 0.3) is 22.1 Å². The van der Waals surface area contributed by atoms with E-state index in [0.29, 0.717) is 38.2 Å². The number of hydrogen-bond acceptors (Lipinski definition) is 9. The fraction of sp³-hybridized carbons (Fsp3) is 0.0909.